The number of halogens is 1. The molecule has 0 radical (unpaired) electrons. The molecule has 0 unspecified atom stereocenters. The van der Waals surface area contributed by atoms with E-state index in [0.717, 1.165) is 35.4 Å². The Bertz CT molecular complexity index is 1240. The van der Waals surface area contributed by atoms with E-state index >= 15 is 0 Å². The van der Waals surface area contributed by atoms with E-state index in [2.05, 4.69) is 61.8 Å². The Kier molecular flexibility index (Phi) is 7.64. The second-order valence-electron chi connectivity index (χ2n) is 8.25. The van der Waals surface area contributed by atoms with Gasteiger partial charge in [0.25, 0.3) is 9.40 Å². The highest BCUT2D eigenvalue weighted by Gasteiger charge is 2.25. The van der Waals surface area contributed by atoms with Gasteiger partial charge in [-0.05, 0) is 51.0 Å². The van der Waals surface area contributed by atoms with Gasteiger partial charge in [0.15, 0.2) is 0 Å². The van der Waals surface area contributed by atoms with Crippen molar-refractivity contribution in [1.29, 1.82) is 0 Å². The topological polar surface area (TPSA) is 56.8 Å². The zero-order valence-corrected chi connectivity index (χ0v) is 22.6. The average Bonchev–Trinajstić information content (AvgIpc) is 2.73. The molecule has 0 spiro atoms. The molecule has 1 fully saturated rings. The summed E-state index contributed by atoms with van der Waals surface area (Å²) in [4.78, 5) is 9.69. The number of benzene rings is 2. The lowest BCUT2D eigenvalue weighted by Crippen LogP contribution is -3.00. The number of aromatic nitrogens is 1. The number of piperazine rings is 1. The third kappa shape index (κ3) is 4.85. The Morgan fingerprint density at radius 2 is 1.50 bits per heavy atom. The number of hydrogen-bond acceptors (Lipinski definition) is 5. The van der Waals surface area contributed by atoms with Crippen LogP contribution in [0, 0.1) is 13.8 Å². The molecule has 4 rings (SSSR count). The first-order valence-electron chi connectivity index (χ1n) is 10.8. The molecule has 1 aliphatic rings. The van der Waals surface area contributed by atoms with Crippen LogP contribution in [0.3, 0.4) is 0 Å². The van der Waals surface area contributed by atoms with Crippen molar-refractivity contribution < 1.29 is 25.4 Å². The first kappa shape index (κ1) is 25.1. The number of anilines is 2. The third-order valence-corrected chi connectivity index (χ3v) is 8.51. The molecule has 6 nitrogen and oxygen atoms in total. The number of fused-ring (bicyclic) bond motifs is 2. The van der Waals surface area contributed by atoms with Crippen molar-refractivity contribution in [2.24, 2.45) is 0 Å². The summed E-state index contributed by atoms with van der Waals surface area (Å²) in [5.74, 6) is 0. The maximum atomic E-state index is 11.8. The van der Waals surface area contributed by atoms with Gasteiger partial charge in [-0.25, -0.2) is 13.4 Å². The predicted molar refractivity (Wildman–Crippen MR) is 133 cm³/mol. The molecule has 0 bridgehead atoms. The second-order valence-corrected chi connectivity index (χ2v) is 11.3. The van der Waals surface area contributed by atoms with Crippen LogP contribution in [0.15, 0.2) is 24.3 Å². The van der Waals surface area contributed by atoms with Gasteiger partial charge in [0.2, 0.25) is 21.4 Å². The molecular weight excluding hydrogens is 508 g/mol. The molecule has 0 saturated carbocycles. The molecule has 9 heteroatoms. The van der Waals surface area contributed by atoms with Gasteiger partial charge in [-0.1, -0.05) is 0 Å². The van der Waals surface area contributed by atoms with E-state index in [1.807, 2.05) is 0 Å². The van der Waals surface area contributed by atoms with Crippen molar-refractivity contribution in [3.8, 4) is 0 Å². The molecule has 1 aromatic heterocycles. The normalized spacial score (nSPS) is 15.2. The fourth-order valence-electron chi connectivity index (χ4n) is 4.36. The predicted octanol–water partition coefficient (Wildman–Crippen LogP) is 1.28. The van der Waals surface area contributed by atoms with Gasteiger partial charge in [0.05, 0.1) is 6.26 Å². The van der Waals surface area contributed by atoms with E-state index < -0.39 is 10.0 Å². The fraction of sp³-hybridized carbons (Fsp3) is 0.478. The van der Waals surface area contributed by atoms with Crippen LogP contribution in [0.5, 0.6) is 0 Å². The van der Waals surface area contributed by atoms with E-state index in [0.29, 0.717) is 26.2 Å². The van der Waals surface area contributed by atoms with Crippen molar-refractivity contribution in [2.45, 2.75) is 27.7 Å². The van der Waals surface area contributed by atoms with Crippen molar-refractivity contribution in [2.75, 3.05) is 55.3 Å². The Labute approximate surface area is 205 Å². The van der Waals surface area contributed by atoms with Crippen molar-refractivity contribution in [3.05, 3.63) is 35.4 Å². The van der Waals surface area contributed by atoms with Gasteiger partial charge in [0.1, 0.15) is 11.0 Å². The molecule has 1 aliphatic heterocycles. The number of rotatable bonds is 5. The van der Waals surface area contributed by atoms with Crippen LogP contribution in [0.4, 0.5) is 11.4 Å². The molecule has 0 amide bonds. The summed E-state index contributed by atoms with van der Waals surface area (Å²) in [6, 6.07) is 8.91. The van der Waals surface area contributed by atoms with Crippen LogP contribution < -0.4 is 26.8 Å². The highest BCUT2D eigenvalue weighted by molar-refractivity contribution is 7.88. The summed E-state index contributed by atoms with van der Waals surface area (Å²) < 4.78 is 27.6. The standard InChI is InChI=1S/C23H31N4O2S2.BrH/c1-6-25(7-2)18-12-16(3)22-20(14-18)30-21-15-19(13-17(4)23(21)24-22)26-8-10-27(11-9-26)31(5,28)29;/h12-15H,6-11H2,1-5H3;1H/q+1;/p-1. The fourth-order valence-corrected chi connectivity index (χ4v) is 6.39. The van der Waals surface area contributed by atoms with E-state index in [1.165, 1.54) is 26.9 Å². The maximum absolute atomic E-state index is 11.8. The first-order valence-corrected chi connectivity index (χ1v) is 13.5. The van der Waals surface area contributed by atoms with Crippen molar-refractivity contribution in [1.82, 2.24) is 9.29 Å². The lowest BCUT2D eigenvalue weighted by molar-refractivity contribution is -0.00000906. The number of hydrogen-bond donors (Lipinski definition) is 0. The smallest absolute Gasteiger partial charge is 0.259 e. The lowest BCUT2D eigenvalue weighted by Gasteiger charge is -2.34. The first-order chi connectivity index (χ1) is 14.7. The Balaban J connectivity index is 0.00000289. The molecule has 3 aromatic rings. The Morgan fingerprint density at radius 1 is 0.938 bits per heavy atom. The summed E-state index contributed by atoms with van der Waals surface area (Å²) in [6.07, 6.45) is 1.29. The second kappa shape index (κ2) is 9.75. The SMILES string of the molecule is CCN(CC)c1cc(C)c2nc3c(C)cc(N4CCN(S(C)(=O)=O)CC4)cc3[s+]c2c1.[Br-]. The number of aryl methyl sites for hydroxylation is 2. The minimum atomic E-state index is -3.12. The summed E-state index contributed by atoms with van der Waals surface area (Å²) in [6.45, 7) is 13.1. The van der Waals surface area contributed by atoms with Gasteiger partial charge in [-0.3, -0.25) is 0 Å². The van der Waals surface area contributed by atoms with Gasteiger partial charge in [-0.15, -0.1) is 0 Å². The quantitative estimate of drug-likeness (QED) is 0.361. The lowest BCUT2D eigenvalue weighted by atomic mass is 10.1. The molecular formula is C23H31BrN4O2S2. The van der Waals surface area contributed by atoms with Gasteiger partial charge in [0, 0.05) is 62.8 Å². The van der Waals surface area contributed by atoms with Crippen LogP contribution >= 0.6 is 11.3 Å². The molecule has 1 saturated heterocycles. The van der Waals surface area contributed by atoms with Gasteiger partial charge in [-0.2, -0.15) is 4.31 Å². The van der Waals surface area contributed by atoms with Crippen LogP contribution in [0.1, 0.15) is 25.0 Å². The maximum Gasteiger partial charge on any atom is 0.259 e. The van der Waals surface area contributed by atoms with E-state index in [9.17, 15) is 8.42 Å². The summed E-state index contributed by atoms with van der Waals surface area (Å²) in [7, 11) is -3.12. The summed E-state index contributed by atoms with van der Waals surface area (Å²) >= 11 is 1.79. The summed E-state index contributed by atoms with van der Waals surface area (Å²) in [5.41, 5.74) is 6.88. The number of nitrogens with zero attached hydrogens (tertiary/aromatic N) is 4. The van der Waals surface area contributed by atoms with Crippen LogP contribution in [-0.2, 0) is 10.0 Å². The van der Waals surface area contributed by atoms with Crippen LogP contribution in [0.25, 0.3) is 20.4 Å². The Hall–Kier alpha value is -1.55. The average molecular weight is 540 g/mol. The molecule has 0 N–H and O–H groups in total. The van der Waals surface area contributed by atoms with Crippen LogP contribution in [0.2, 0.25) is 0 Å². The van der Waals surface area contributed by atoms with Gasteiger partial charge >= 0.3 is 0 Å². The third-order valence-electron chi connectivity index (χ3n) is 6.15. The molecule has 174 valence electrons. The molecule has 2 aromatic carbocycles. The van der Waals surface area contributed by atoms with Crippen molar-refractivity contribution >= 4 is 53.2 Å². The van der Waals surface area contributed by atoms with E-state index in [1.54, 1.807) is 15.6 Å². The van der Waals surface area contributed by atoms with E-state index in [-0.39, 0.29) is 17.0 Å². The highest BCUT2D eigenvalue weighted by Crippen LogP contribution is 2.35. The summed E-state index contributed by atoms with van der Waals surface area (Å²) in [5, 5.41) is 0. The zero-order chi connectivity index (χ0) is 22.3. The highest BCUT2D eigenvalue weighted by atomic mass is 79.9. The number of sulfonamides is 1. The van der Waals surface area contributed by atoms with Crippen molar-refractivity contribution in [3.63, 3.8) is 0 Å². The van der Waals surface area contributed by atoms with E-state index in [4.69, 9.17) is 4.98 Å². The molecule has 0 aliphatic carbocycles. The minimum absolute atomic E-state index is 0. The van der Waals surface area contributed by atoms with Crippen LogP contribution in [-0.4, -0.2) is 63.2 Å². The Morgan fingerprint density at radius 3 is 2.06 bits per heavy atom. The molecule has 32 heavy (non-hydrogen) atoms. The zero-order valence-electron chi connectivity index (χ0n) is 19.4. The minimum Gasteiger partial charge on any atom is -1.00 e. The van der Waals surface area contributed by atoms with Gasteiger partial charge < -0.3 is 26.8 Å². The largest absolute Gasteiger partial charge is 1.00 e. The molecule has 0 atom stereocenters. The molecule has 2 heterocycles. The monoisotopic (exact) mass is 538 g/mol.